The molecule has 0 fully saturated rings. The largest absolute Gasteiger partial charge is 0.479 e. The third-order valence-corrected chi connectivity index (χ3v) is 3.59. The second kappa shape index (κ2) is 5.48. The maximum Gasteiger partial charge on any atom is 0.331 e. The predicted molar refractivity (Wildman–Crippen MR) is 74.3 cm³/mol. The fourth-order valence-corrected chi connectivity index (χ4v) is 2.07. The number of hydrogen-bond donors (Lipinski definition) is 2. The summed E-state index contributed by atoms with van der Waals surface area (Å²) in [5.74, 6) is -1.03. The van der Waals surface area contributed by atoms with Crippen molar-refractivity contribution in [3.8, 4) is 0 Å². The lowest BCUT2D eigenvalue weighted by atomic mass is 9.94. The zero-order chi connectivity index (χ0) is 14.8. The van der Waals surface area contributed by atoms with Crippen molar-refractivity contribution in [2.24, 2.45) is 5.92 Å². The second-order valence-electron chi connectivity index (χ2n) is 5.51. The van der Waals surface area contributed by atoms with Crippen molar-refractivity contribution in [2.75, 3.05) is 5.32 Å². The Kier molecular flexibility index (Phi) is 3.92. The van der Waals surface area contributed by atoms with E-state index in [2.05, 4.69) is 16.5 Å². The molecule has 0 spiro atoms. The molecular weight excluding hydrogens is 258 g/mol. The van der Waals surface area contributed by atoms with E-state index in [9.17, 15) is 9.59 Å². The molecule has 1 heterocycles. The summed E-state index contributed by atoms with van der Waals surface area (Å²) in [4.78, 5) is 23.2. The number of rotatable bonds is 4. The lowest BCUT2D eigenvalue weighted by molar-refractivity contribution is -0.146. The number of carboxylic acid groups (broad SMARTS) is 1. The van der Waals surface area contributed by atoms with Crippen LogP contribution in [0.15, 0.2) is 24.5 Å². The topological polar surface area (TPSA) is 84.2 Å². The Bertz CT molecular complexity index is 546. The van der Waals surface area contributed by atoms with Gasteiger partial charge in [0.2, 0.25) is 5.91 Å². The molecule has 2 N–H and O–H groups in total. The van der Waals surface area contributed by atoms with Crippen LogP contribution in [0.5, 0.6) is 0 Å². The minimum Gasteiger partial charge on any atom is -0.479 e. The predicted octanol–water partition coefficient (Wildman–Crippen LogP) is 2.00. The van der Waals surface area contributed by atoms with E-state index >= 15 is 0 Å². The molecule has 1 aromatic rings. The van der Waals surface area contributed by atoms with Gasteiger partial charge in [0.1, 0.15) is 0 Å². The molecule has 2 rings (SSSR count). The molecule has 0 saturated heterocycles. The molecule has 20 heavy (non-hydrogen) atoms. The van der Waals surface area contributed by atoms with Crippen molar-refractivity contribution in [1.29, 1.82) is 0 Å². The van der Waals surface area contributed by atoms with Gasteiger partial charge in [-0.1, -0.05) is 12.2 Å². The number of carbonyl (C=O) groups is 2. The van der Waals surface area contributed by atoms with E-state index < -0.39 is 11.5 Å². The Morgan fingerprint density at radius 1 is 1.45 bits per heavy atom. The summed E-state index contributed by atoms with van der Waals surface area (Å²) in [6.45, 7) is 3.11. The van der Waals surface area contributed by atoms with Gasteiger partial charge in [0, 0.05) is 12.1 Å². The monoisotopic (exact) mass is 277 g/mol. The average molecular weight is 277 g/mol. The molecule has 1 aliphatic rings. The molecular formula is C14H19N3O3. The number of anilines is 1. The number of hydrogen-bond acceptors (Lipinski definition) is 3. The molecule has 0 saturated carbocycles. The third kappa shape index (κ3) is 2.89. The van der Waals surface area contributed by atoms with Crippen molar-refractivity contribution in [2.45, 2.75) is 38.6 Å². The van der Waals surface area contributed by atoms with Gasteiger partial charge in [-0.15, -0.1) is 0 Å². The normalized spacial score (nSPS) is 18.8. The Morgan fingerprint density at radius 2 is 2.20 bits per heavy atom. The first-order valence-electron chi connectivity index (χ1n) is 6.65. The summed E-state index contributed by atoms with van der Waals surface area (Å²) in [5.41, 5.74) is -0.616. The van der Waals surface area contributed by atoms with E-state index in [1.165, 1.54) is 10.9 Å². The first-order valence-corrected chi connectivity index (χ1v) is 6.65. The van der Waals surface area contributed by atoms with Gasteiger partial charge in [-0.2, -0.15) is 5.10 Å². The number of nitrogens with one attached hydrogen (secondary N) is 1. The Labute approximate surface area is 117 Å². The highest BCUT2D eigenvalue weighted by Crippen LogP contribution is 2.21. The van der Waals surface area contributed by atoms with Crippen LogP contribution in [0.25, 0.3) is 0 Å². The van der Waals surface area contributed by atoms with E-state index in [1.807, 2.05) is 6.08 Å². The van der Waals surface area contributed by atoms with Gasteiger partial charge >= 0.3 is 5.97 Å². The van der Waals surface area contributed by atoms with Gasteiger partial charge in [-0.25, -0.2) is 4.79 Å². The number of aliphatic carboxylic acids is 1. The molecule has 6 nitrogen and oxygen atoms in total. The summed E-state index contributed by atoms with van der Waals surface area (Å²) in [7, 11) is 0. The molecule has 1 atom stereocenters. The van der Waals surface area contributed by atoms with Gasteiger partial charge in [-0.05, 0) is 33.1 Å². The Balaban J connectivity index is 2.04. The minimum atomic E-state index is -1.14. The maximum absolute atomic E-state index is 12.1. The smallest absolute Gasteiger partial charge is 0.331 e. The van der Waals surface area contributed by atoms with Crippen LogP contribution in [0.4, 0.5) is 5.69 Å². The summed E-state index contributed by atoms with van der Waals surface area (Å²) in [6, 6.07) is 0. The number of amides is 1. The number of nitrogens with zero attached hydrogens (tertiary/aromatic N) is 2. The number of allylic oxidation sites excluding steroid dienone is 2. The lowest BCUT2D eigenvalue weighted by Gasteiger charge is -2.19. The SMILES string of the molecule is CC(C)(C(=O)O)n1cc(NC(=O)C2CC=CCC2)cn1. The summed E-state index contributed by atoms with van der Waals surface area (Å²) < 4.78 is 1.34. The standard InChI is InChI=1S/C14H19N3O3/c1-14(2,13(19)20)17-9-11(8-15-17)16-12(18)10-6-4-3-5-7-10/h3-4,8-10H,5-7H2,1-2H3,(H,16,18)(H,19,20). The van der Waals surface area contributed by atoms with Crippen molar-refractivity contribution in [3.63, 3.8) is 0 Å². The van der Waals surface area contributed by atoms with E-state index in [1.54, 1.807) is 20.0 Å². The van der Waals surface area contributed by atoms with Crippen LogP contribution in [0, 0.1) is 5.92 Å². The van der Waals surface area contributed by atoms with Gasteiger partial charge in [0.05, 0.1) is 11.9 Å². The molecule has 0 aliphatic heterocycles. The van der Waals surface area contributed by atoms with Crippen LogP contribution in [-0.4, -0.2) is 26.8 Å². The average Bonchev–Trinajstić information content (AvgIpc) is 2.88. The fraction of sp³-hybridized carbons (Fsp3) is 0.500. The van der Waals surface area contributed by atoms with Crippen LogP contribution in [0.2, 0.25) is 0 Å². The van der Waals surface area contributed by atoms with Gasteiger partial charge in [0.15, 0.2) is 5.54 Å². The Morgan fingerprint density at radius 3 is 2.80 bits per heavy atom. The highest BCUT2D eigenvalue weighted by Gasteiger charge is 2.30. The highest BCUT2D eigenvalue weighted by molar-refractivity contribution is 5.92. The quantitative estimate of drug-likeness (QED) is 0.824. The highest BCUT2D eigenvalue weighted by atomic mass is 16.4. The van der Waals surface area contributed by atoms with Crippen LogP contribution in [0.1, 0.15) is 33.1 Å². The summed E-state index contributed by atoms with van der Waals surface area (Å²) in [5, 5.41) is 15.9. The first kappa shape index (κ1) is 14.3. The molecule has 108 valence electrons. The van der Waals surface area contributed by atoms with E-state index in [0.29, 0.717) is 5.69 Å². The molecule has 1 amide bonds. The minimum absolute atomic E-state index is 0.0177. The van der Waals surface area contributed by atoms with Crippen LogP contribution in [-0.2, 0) is 15.1 Å². The maximum atomic E-state index is 12.1. The fourth-order valence-electron chi connectivity index (χ4n) is 2.07. The number of aromatic nitrogens is 2. The molecule has 1 unspecified atom stereocenters. The lowest BCUT2D eigenvalue weighted by Crippen LogP contribution is -2.36. The molecule has 1 aliphatic carbocycles. The van der Waals surface area contributed by atoms with Gasteiger partial charge in [-0.3, -0.25) is 9.48 Å². The van der Waals surface area contributed by atoms with E-state index in [-0.39, 0.29) is 11.8 Å². The van der Waals surface area contributed by atoms with Crippen molar-refractivity contribution in [1.82, 2.24) is 9.78 Å². The molecule has 0 radical (unpaired) electrons. The second-order valence-corrected chi connectivity index (χ2v) is 5.51. The van der Waals surface area contributed by atoms with Crippen molar-refractivity contribution >= 4 is 17.6 Å². The number of carboxylic acids is 1. The zero-order valence-electron chi connectivity index (χ0n) is 11.7. The summed E-state index contributed by atoms with van der Waals surface area (Å²) in [6.07, 6.45) is 9.63. The molecule has 0 aromatic carbocycles. The Hall–Kier alpha value is -2.11. The van der Waals surface area contributed by atoms with E-state index in [4.69, 9.17) is 5.11 Å². The van der Waals surface area contributed by atoms with Crippen LogP contribution < -0.4 is 5.32 Å². The number of carbonyl (C=O) groups excluding carboxylic acids is 1. The molecule has 0 bridgehead atoms. The van der Waals surface area contributed by atoms with Crippen LogP contribution in [0.3, 0.4) is 0 Å². The zero-order valence-corrected chi connectivity index (χ0v) is 11.7. The first-order chi connectivity index (χ1) is 9.41. The van der Waals surface area contributed by atoms with Crippen LogP contribution >= 0.6 is 0 Å². The molecule has 6 heteroatoms. The van der Waals surface area contributed by atoms with Crippen molar-refractivity contribution in [3.05, 3.63) is 24.5 Å². The van der Waals surface area contributed by atoms with Gasteiger partial charge in [0.25, 0.3) is 0 Å². The summed E-state index contributed by atoms with van der Waals surface area (Å²) >= 11 is 0. The third-order valence-electron chi connectivity index (χ3n) is 3.59. The van der Waals surface area contributed by atoms with E-state index in [0.717, 1.165) is 19.3 Å². The molecule has 1 aromatic heterocycles. The van der Waals surface area contributed by atoms with Gasteiger partial charge < -0.3 is 10.4 Å². The van der Waals surface area contributed by atoms with Crippen molar-refractivity contribution < 1.29 is 14.7 Å².